The van der Waals surface area contributed by atoms with Crippen molar-refractivity contribution in [2.24, 2.45) is 0 Å². The number of rotatable bonds is 4. The summed E-state index contributed by atoms with van der Waals surface area (Å²) < 4.78 is 1.85. The van der Waals surface area contributed by atoms with E-state index in [0.29, 0.717) is 0 Å². The van der Waals surface area contributed by atoms with Gasteiger partial charge in [-0.3, -0.25) is 4.98 Å². The molecule has 0 aromatic carbocycles. The first-order chi connectivity index (χ1) is 8.24. The van der Waals surface area contributed by atoms with Crippen LogP contribution in [0, 0.1) is 13.8 Å². The summed E-state index contributed by atoms with van der Waals surface area (Å²) in [5.41, 5.74) is 3.48. The zero-order valence-electron chi connectivity index (χ0n) is 10.4. The van der Waals surface area contributed by atoms with Crippen LogP contribution >= 0.6 is 0 Å². The van der Waals surface area contributed by atoms with Gasteiger partial charge in [0, 0.05) is 18.1 Å². The maximum absolute atomic E-state index is 4.52. The number of hydrogen-bond donors (Lipinski definition) is 1. The van der Waals surface area contributed by atoms with Gasteiger partial charge >= 0.3 is 0 Å². The second kappa shape index (κ2) is 5.05. The molecule has 2 aromatic rings. The molecule has 0 spiro atoms. The minimum atomic E-state index is 0.767. The fourth-order valence-electron chi connectivity index (χ4n) is 1.91. The van der Waals surface area contributed by atoms with Crippen LogP contribution in [-0.4, -0.2) is 33.3 Å². The maximum Gasteiger partial charge on any atom is 0.172 e. The minimum absolute atomic E-state index is 0.767. The number of aryl methyl sites for hydroxylation is 1. The summed E-state index contributed by atoms with van der Waals surface area (Å²) in [5.74, 6) is 0.767. The van der Waals surface area contributed by atoms with Gasteiger partial charge in [0.05, 0.1) is 11.9 Å². The van der Waals surface area contributed by atoms with Crippen LogP contribution in [0.15, 0.2) is 18.6 Å². The van der Waals surface area contributed by atoms with Gasteiger partial charge in [-0.15, -0.1) is 0 Å². The Balaban J connectivity index is 2.37. The normalized spacial score (nSPS) is 10.8. The average Bonchev–Trinajstić information content (AvgIpc) is 2.64. The Morgan fingerprint density at radius 3 is 2.76 bits per heavy atom. The van der Waals surface area contributed by atoms with E-state index in [1.807, 2.05) is 18.7 Å². The highest BCUT2D eigenvalue weighted by molar-refractivity contribution is 5.31. The quantitative estimate of drug-likeness (QED) is 0.854. The van der Waals surface area contributed by atoms with Crippen molar-refractivity contribution in [2.75, 3.05) is 13.6 Å². The molecule has 0 amide bonds. The second-order valence-corrected chi connectivity index (χ2v) is 3.98. The van der Waals surface area contributed by atoms with E-state index >= 15 is 0 Å². The predicted molar refractivity (Wildman–Crippen MR) is 66.3 cm³/mol. The number of aromatic nitrogens is 4. The van der Waals surface area contributed by atoms with Crippen molar-refractivity contribution in [3.05, 3.63) is 35.5 Å². The Morgan fingerprint density at radius 1 is 1.29 bits per heavy atom. The van der Waals surface area contributed by atoms with E-state index in [1.54, 1.807) is 18.6 Å². The lowest BCUT2D eigenvalue weighted by atomic mass is 10.1. The lowest BCUT2D eigenvalue weighted by molar-refractivity contribution is 0.779. The van der Waals surface area contributed by atoms with Gasteiger partial charge in [-0.1, -0.05) is 0 Å². The second-order valence-electron chi connectivity index (χ2n) is 3.98. The molecule has 0 radical (unpaired) electrons. The third kappa shape index (κ3) is 2.34. The molecular weight excluding hydrogens is 214 g/mol. The number of hydrogen-bond acceptors (Lipinski definition) is 4. The van der Waals surface area contributed by atoms with Crippen molar-refractivity contribution < 1.29 is 0 Å². The van der Waals surface area contributed by atoms with Crippen LogP contribution in [0.3, 0.4) is 0 Å². The molecule has 0 aliphatic rings. The predicted octanol–water partition coefficient (Wildman–Crippen LogP) is 1.04. The van der Waals surface area contributed by atoms with Gasteiger partial charge in [0.2, 0.25) is 0 Å². The molecule has 0 atom stereocenters. The largest absolute Gasteiger partial charge is 0.319 e. The highest BCUT2D eigenvalue weighted by atomic mass is 15.3. The Bertz CT molecular complexity index is 489. The zero-order chi connectivity index (χ0) is 12.3. The molecule has 5 nitrogen and oxygen atoms in total. The fraction of sp³-hybridized carbons (Fsp3) is 0.417. The lowest BCUT2D eigenvalue weighted by Gasteiger charge is -2.03. The molecule has 5 heteroatoms. The fourth-order valence-corrected chi connectivity index (χ4v) is 1.91. The minimum Gasteiger partial charge on any atom is -0.319 e. The monoisotopic (exact) mass is 231 g/mol. The Morgan fingerprint density at radius 2 is 2.12 bits per heavy atom. The van der Waals surface area contributed by atoms with E-state index < -0.39 is 0 Å². The van der Waals surface area contributed by atoms with Crippen molar-refractivity contribution in [1.82, 2.24) is 25.1 Å². The molecule has 0 aliphatic heterocycles. The summed E-state index contributed by atoms with van der Waals surface area (Å²) in [6.45, 7) is 5.05. The molecule has 17 heavy (non-hydrogen) atoms. The molecule has 0 aliphatic carbocycles. The summed E-state index contributed by atoms with van der Waals surface area (Å²) in [5, 5.41) is 7.67. The van der Waals surface area contributed by atoms with E-state index in [-0.39, 0.29) is 0 Å². The molecule has 0 unspecified atom stereocenters. The van der Waals surface area contributed by atoms with Gasteiger partial charge < -0.3 is 5.32 Å². The first-order valence-corrected chi connectivity index (χ1v) is 5.70. The van der Waals surface area contributed by atoms with Crippen molar-refractivity contribution in [3.8, 4) is 5.82 Å². The van der Waals surface area contributed by atoms with E-state index in [0.717, 1.165) is 30.2 Å². The first-order valence-electron chi connectivity index (χ1n) is 5.70. The molecule has 90 valence electrons. The Labute approximate surface area is 101 Å². The summed E-state index contributed by atoms with van der Waals surface area (Å²) in [6.07, 6.45) is 6.05. The highest BCUT2D eigenvalue weighted by Crippen LogP contribution is 2.16. The van der Waals surface area contributed by atoms with Gasteiger partial charge in [-0.2, -0.15) is 5.10 Å². The third-order valence-electron chi connectivity index (χ3n) is 2.83. The van der Waals surface area contributed by atoms with Crippen LogP contribution in [0.1, 0.15) is 17.0 Å². The lowest BCUT2D eigenvalue weighted by Crippen LogP contribution is -2.11. The van der Waals surface area contributed by atoms with Gasteiger partial charge in [0.15, 0.2) is 5.82 Å². The van der Waals surface area contributed by atoms with Gasteiger partial charge in [-0.25, -0.2) is 9.67 Å². The standard InChI is InChI=1S/C12H17N5/c1-9-11(4-5-13-3)10(2)17(16-9)12-8-14-6-7-15-12/h6-8,13H,4-5H2,1-3H3. The van der Waals surface area contributed by atoms with Crippen LogP contribution in [0.25, 0.3) is 5.82 Å². The van der Waals surface area contributed by atoms with Crippen molar-refractivity contribution in [2.45, 2.75) is 20.3 Å². The van der Waals surface area contributed by atoms with Crippen LogP contribution in [0.4, 0.5) is 0 Å². The molecule has 0 bridgehead atoms. The molecule has 0 saturated carbocycles. The smallest absolute Gasteiger partial charge is 0.172 e. The Kier molecular flexibility index (Phi) is 3.49. The third-order valence-corrected chi connectivity index (χ3v) is 2.83. The van der Waals surface area contributed by atoms with Gasteiger partial charge in [0.1, 0.15) is 0 Å². The van der Waals surface area contributed by atoms with E-state index in [9.17, 15) is 0 Å². The van der Waals surface area contributed by atoms with E-state index in [4.69, 9.17) is 0 Å². The van der Waals surface area contributed by atoms with Crippen molar-refractivity contribution in [3.63, 3.8) is 0 Å². The van der Waals surface area contributed by atoms with Crippen molar-refractivity contribution in [1.29, 1.82) is 0 Å². The molecule has 1 N–H and O–H groups in total. The number of likely N-dealkylation sites (N-methyl/N-ethyl adjacent to an activating group) is 1. The summed E-state index contributed by atoms with van der Waals surface area (Å²) in [7, 11) is 1.96. The van der Waals surface area contributed by atoms with Crippen LogP contribution in [0.5, 0.6) is 0 Å². The molecule has 0 saturated heterocycles. The van der Waals surface area contributed by atoms with Gasteiger partial charge in [-0.05, 0) is 39.4 Å². The van der Waals surface area contributed by atoms with Crippen LogP contribution in [-0.2, 0) is 6.42 Å². The van der Waals surface area contributed by atoms with Crippen molar-refractivity contribution >= 4 is 0 Å². The Hall–Kier alpha value is -1.75. The zero-order valence-corrected chi connectivity index (χ0v) is 10.4. The molecule has 0 fully saturated rings. The number of nitrogens with one attached hydrogen (secondary N) is 1. The van der Waals surface area contributed by atoms with E-state index in [1.165, 1.54) is 5.56 Å². The highest BCUT2D eigenvalue weighted by Gasteiger charge is 2.12. The topological polar surface area (TPSA) is 55.6 Å². The van der Waals surface area contributed by atoms with E-state index in [2.05, 4.69) is 27.3 Å². The molecule has 2 aromatic heterocycles. The number of nitrogens with zero attached hydrogens (tertiary/aromatic N) is 4. The van der Waals surface area contributed by atoms with Crippen LogP contribution < -0.4 is 5.32 Å². The summed E-state index contributed by atoms with van der Waals surface area (Å²) in [4.78, 5) is 8.33. The summed E-state index contributed by atoms with van der Waals surface area (Å²) in [6, 6.07) is 0. The molecule has 2 rings (SSSR count). The summed E-state index contributed by atoms with van der Waals surface area (Å²) >= 11 is 0. The molecule has 2 heterocycles. The molecular formula is C12H17N5. The average molecular weight is 231 g/mol. The first kappa shape index (κ1) is 11.7. The van der Waals surface area contributed by atoms with Gasteiger partial charge in [0.25, 0.3) is 0 Å². The SMILES string of the molecule is CNCCc1c(C)nn(-c2cnccn2)c1C. The van der Waals surface area contributed by atoms with Crippen LogP contribution in [0.2, 0.25) is 0 Å². The maximum atomic E-state index is 4.52.